The van der Waals surface area contributed by atoms with Crippen LogP contribution in [0, 0.1) is 0 Å². The quantitative estimate of drug-likeness (QED) is 0.455. The summed E-state index contributed by atoms with van der Waals surface area (Å²) in [5.74, 6) is -1.99. The normalized spacial score (nSPS) is 26.9. The van der Waals surface area contributed by atoms with Crippen molar-refractivity contribution in [1.82, 2.24) is 10.6 Å². The van der Waals surface area contributed by atoms with Gasteiger partial charge in [-0.2, -0.15) is 0 Å². The van der Waals surface area contributed by atoms with Crippen LogP contribution in [0.2, 0.25) is 0 Å². The predicted molar refractivity (Wildman–Crippen MR) is 52.4 cm³/mol. The molecule has 1 aliphatic rings. The van der Waals surface area contributed by atoms with Crippen molar-refractivity contribution in [3.8, 4) is 0 Å². The van der Waals surface area contributed by atoms with E-state index in [-0.39, 0.29) is 12.8 Å². The van der Waals surface area contributed by atoms with E-state index in [1.807, 2.05) is 0 Å². The highest BCUT2D eigenvalue weighted by atomic mass is 16.4. The molecule has 7 nitrogen and oxygen atoms in total. The third-order valence-corrected chi connectivity index (χ3v) is 2.34. The minimum absolute atomic E-state index is 0.0411. The molecule has 0 saturated carbocycles. The van der Waals surface area contributed by atoms with Crippen molar-refractivity contribution in [2.45, 2.75) is 38.0 Å². The van der Waals surface area contributed by atoms with E-state index in [0.29, 0.717) is 0 Å². The van der Waals surface area contributed by atoms with Crippen molar-refractivity contribution in [3.63, 3.8) is 0 Å². The maximum Gasteiger partial charge on any atom is 0.303 e. The van der Waals surface area contributed by atoms with Gasteiger partial charge in [0.1, 0.15) is 12.1 Å². The molecule has 1 saturated heterocycles. The van der Waals surface area contributed by atoms with Crippen LogP contribution in [0.1, 0.15) is 19.8 Å². The van der Waals surface area contributed by atoms with Crippen molar-refractivity contribution in [3.05, 3.63) is 0 Å². The zero-order chi connectivity index (χ0) is 12.3. The van der Waals surface area contributed by atoms with Gasteiger partial charge in [0.25, 0.3) is 0 Å². The van der Waals surface area contributed by atoms with Crippen LogP contribution in [0.3, 0.4) is 0 Å². The number of hydrogen-bond acceptors (Lipinski definition) is 4. The summed E-state index contributed by atoms with van der Waals surface area (Å²) in [7, 11) is 0. The second-order valence-electron chi connectivity index (χ2n) is 3.72. The van der Waals surface area contributed by atoms with E-state index in [1.54, 1.807) is 0 Å². The molecular formula is C9H14N2O5. The Morgan fingerprint density at radius 2 is 2.00 bits per heavy atom. The van der Waals surface area contributed by atoms with E-state index in [9.17, 15) is 19.5 Å². The Bertz CT molecular complexity index is 315. The summed E-state index contributed by atoms with van der Waals surface area (Å²) in [4.78, 5) is 33.2. The monoisotopic (exact) mass is 230 g/mol. The number of aliphatic hydroxyl groups is 1. The van der Waals surface area contributed by atoms with Gasteiger partial charge in [-0.25, -0.2) is 0 Å². The molecule has 1 aliphatic heterocycles. The van der Waals surface area contributed by atoms with E-state index in [2.05, 4.69) is 10.6 Å². The van der Waals surface area contributed by atoms with Gasteiger partial charge in [-0.3, -0.25) is 14.4 Å². The van der Waals surface area contributed by atoms with Crippen molar-refractivity contribution < 1.29 is 24.6 Å². The second kappa shape index (κ2) is 4.93. The number of carbonyl (C=O) groups excluding carboxylic acids is 2. The van der Waals surface area contributed by atoms with Gasteiger partial charge >= 0.3 is 5.97 Å². The number of aliphatic carboxylic acids is 1. The second-order valence-corrected chi connectivity index (χ2v) is 3.72. The van der Waals surface area contributed by atoms with Gasteiger partial charge in [0.15, 0.2) is 0 Å². The lowest BCUT2D eigenvalue weighted by molar-refractivity contribution is -0.141. The zero-order valence-corrected chi connectivity index (χ0v) is 8.77. The topological polar surface area (TPSA) is 116 Å². The van der Waals surface area contributed by atoms with Gasteiger partial charge in [0.2, 0.25) is 11.8 Å². The average Bonchev–Trinajstić information content (AvgIpc) is 2.18. The molecule has 0 bridgehead atoms. The molecule has 0 aromatic heterocycles. The van der Waals surface area contributed by atoms with Gasteiger partial charge in [0, 0.05) is 6.42 Å². The Balaban J connectivity index is 2.56. The molecule has 16 heavy (non-hydrogen) atoms. The summed E-state index contributed by atoms with van der Waals surface area (Å²) in [6, 6.07) is -1.80. The maximum absolute atomic E-state index is 11.4. The molecule has 2 amide bonds. The fourth-order valence-electron chi connectivity index (χ4n) is 1.46. The van der Waals surface area contributed by atoms with E-state index in [0.717, 1.165) is 0 Å². The number of carboxylic acid groups (broad SMARTS) is 1. The molecule has 90 valence electrons. The van der Waals surface area contributed by atoms with Crippen molar-refractivity contribution in [2.24, 2.45) is 0 Å². The molecule has 3 unspecified atom stereocenters. The number of rotatable bonds is 4. The van der Waals surface area contributed by atoms with E-state index in [1.165, 1.54) is 6.92 Å². The number of aliphatic hydroxyl groups excluding tert-OH is 1. The first-order valence-electron chi connectivity index (χ1n) is 4.92. The fourth-order valence-corrected chi connectivity index (χ4v) is 1.46. The maximum atomic E-state index is 11.4. The molecule has 3 atom stereocenters. The lowest BCUT2D eigenvalue weighted by Gasteiger charge is -2.30. The Morgan fingerprint density at radius 1 is 1.38 bits per heavy atom. The third kappa shape index (κ3) is 2.93. The molecule has 7 heteroatoms. The first kappa shape index (κ1) is 12.4. The Hall–Kier alpha value is -1.63. The average molecular weight is 230 g/mol. The van der Waals surface area contributed by atoms with Gasteiger partial charge in [-0.05, 0) is 13.3 Å². The summed E-state index contributed by atoms with van der Waals surface area (Å²) < 4.78 is 0. The van der Waals surface area contributed by atoms with Crippen LogP contribution in [-0.4, -0.2) is 46.2 Å². The van der Waals surface area contributed by atoms with Crippen LogP contribution in [0.4, 0.5) is 0 Å². The number of hydrogen-bond donors (Lipinski definition) is 4. The molecule has 0 radical (unpaired) electrons. The van der Waals surface area contributed by atoms with E-state index < -0.39 is 36.0 Å². The minimum Gasteiger partial charge on any atom is -0.481 e. The molecule has 0 spiro atoms. The van der Waals surface area contributed by atoms with Gasteiger partial charge < -0.3 is 20.8 Å². The fraction of sp³-hybridized carbons (Fsp3) is 0.667. The van der Waals surface area contributed by atoms with Crippen LogP contribution in [-0.2, 0) is 14.4 Å². The summed E-state index contributed by atoms with van der Waals surface area (Å²) in [5, 5.41) is 22.4. The van der Waals surface area contributed by atoms with Crippen LogP contribution in [0.25, 0.3) is 0 Å². The van der Waals surface area contributed by atoms with Crippen molar-refractivity contribution >= 4 is 17.8 Å². The van der Waals surface area contributed by atoms with Crippen molar-refractivity contribution in [2.75, 3.05) is 0 Å². The molecule has 0 aromatic carbocycles. The Labute approximate surface area is 91.8 Å². The summed E-state index contributed by atoms with van der Waals surface area (Å²) in [5.41, 5.74) is 0. The molecule has 0 aromatic rings. The first-order valence-corrected chi connectivity index (χ1v) is 4.92. The number of nitrogens with one attached hydrogen (secondary N) is 2. The van der Waals surface area contributed by atoms with Gasteiger partial charge in [0.05, 0.1) is 6.10 Å². The number of piperazine rings is 1. The lowest BCUT2D eigenvalue weighted by Crippen LogP contribution is -2.64. The van der Waals surface area contributed by atoms with Gasteiger partial charge in [-0.15, -0.1) is 0 Å². The highest BCUT2D eigenvalue weighted by Crippen LogP contribution is 2.06. The largest absolute Gasteiger partial charge is 0.481 e. The molecular weight excluding hydrogens is 216 g/mol. The molecule has 1 heterocycles. The highest BCUT2D eigenvalue weighted by molar-refractivity contribution is 5.97. The Kier molecular flexibility index (Phi) is 3.83. The molecule has 4 N–H and O–H groups in total. The summed E-state index contributed by atoms with van der Waals surface area (Å²) in [6.45, 7) is 1.39. The van der Waals surface area contributed by atoms with E-state index >= 15 is 0 Å². The van der Waals surface area contributed by atoms with E-state index in [4.69, 9.17) is 5.11 Å². The highest BCUT2D eigenvalue weighted by Gasteiger charge is 2.35. The smallest absolute Gasteiger partial charge is 0.303 e. The molecule has 0 aliphatic carbocycles. The summed E-state index contributed by atoms with van der Waals surface area (Å²) in [6.07, 6.45) is -1.14. The van der Waals surface area contributed by atoms with Gasteiger partial charge in [-0.1, -0.05) is 0 Å². The summed E-state index contributed by atoms with van der Waals surface area (Å²) >= 11 is 0. The zero-order valence-electron chi connectivity index (χ0n) is 8.77. The van der Waals surface area contributed by atoms with Crippen LogP contribution in [0.5, 0.6) is 0 Å². The number of amides is 2. The standard InChI is InChI=1S/C9H14N2O5/c1-4(12)7-9(16)10-5(8(15)11-7)2-3-6(13)14/h4-5,7,12H,2-3H2,1H3,(H,10,16)(H,11,15)(H,13,14). The first-order chi connectivity index (χ1) is 7.41. The van der Waals surface area contributed by atoms with Crippen LogP contribution < -0.4 is 10.6 Å². The molecule has 1 fully saturated rings. The Morgan fingerprint density at radius 3 is 2.50 bits per heavy atom. The lowest BCUT2D eigenvalue weighted by atomic mass is 10.0. The van der Waals surface area contributed by atoms with Crippen molar-refractivity contribution in [1.29, 1.82) is 0 Å². The SMILES string of the molecule is CC(O)C1NC(=O)C(CCC(=O)O)NC1=O. The number of carboxylic acids is 1. The number of carbonyl (C=O) groups is 3. The molecule has 1 rings (SSSR count). The third-order valence-electron chi connectivity index (χ3n) is 2.34. The predicted octanol–water partition coefficient (Wildman–Crippen LogP) is -1.78. The van der Waals surface area contributed by atoms with Crippen LogP contribution >= 0.6 is 0 Å². The minimum atomic E-state index is -1.03. The van der Waals surface area contributed by atoms with Crippen LogP contribution in [0.15, 0.2) is 0 Å².